The molecule has 2 aromatic heterocycles. The minimum atomic E-state index is -0.297. The largest absolute Gasteiger partial charge is 0.466 e. The second-order valence-electron chi connectivity index (χ2n) is 29.8. The highest BCUT2D eigenvalue weighted by Crippen LogP contribution is 2.57. The van der Waals surface area contributed by atoms with Crippen LogP contribution in [0.4, 0.5) is 28.4 Å². The highest BCUT2D eigenvalue weighted by Gasteiger charge is 2.51. The molecule has 0 fully saturated rings. The van der Waals surface area contributed by atoms with Gasteiger partial charge in [0.1, 0.15) is 22.4 Å². The SMILES string of the molecule is Cc1cc2c3c(c1)N(c1ccc(C(C)(C)C)cc1-c1ccccc1)c1c(oc4cc5c(cc14)C(C)(C)CCC5(C)C)B3N(c1ccc3c(c1)C(C)(C)CCC3(C)C)c1cc3c(cc1-2)oc1cc2c(cc13)C(C)(C)CCC2(C)C. The van der Waals surface area contributed by atoms with Crippen LogP contribution in [0.25, 0.3) is 55.2 Å². The topological polar surface area (TPSA) is 32.8 Å². The van der Waals surface area contributed by atoms with E-state index in [9.17, 15) is 0 Å². The fourth-order valence-electron chi connectivity index (χ4n) is 15.3. The molecule has 2 aliphatic heterocycles. The Morgan fingerprint density at radius 3 is 1.56 bits per heavy atom. The third-order valence-electron chi connectivity index (χ3n) is 20.6. The fourth-order valence-corrected chi connectivity index (χ4v) is 15.3. The van der Waals surface area contributed by atoms with Crippen LogP contribution in [0.5, 0.6) is 0 Å². The summed E-state index contributed by atoms with van der Waals surface area (Å²) >= 11 is 0. The smallest absolute Gasteiger partial charge is 0.375 e. The standard InChI is InChI=1S/C73H79BN2O2/c1-42-32-50-47-39-61-49(48-36-54-56(40-62(48)77-61)72(13,14)30-28-70(54,9)10)38-59(47)76(45-23-24-52-53(35-45)69(7,8)27-26-68(52,5)6)74-64(50)60(33-42)75(58-25-22-44(67(2,3)4)34-46(58)43-20-18-17-19-21-43)65-51-37-55-57(41-63(51)78-66(65)74)73(15,16)31-29-71(55,11)12/h17-25,32-41H,26-31H2,1-16H3. The normalized spacial score (nSPS) is 19.8. The highest BCUT2D eigenvalue weighted by molar-refractivity contribution is 6.93. The van der Waals surface area contributed by atoms with E-state index < -0.39 is 0 Å². The first kappa shape index (κ1) is 49.8. The van der Waals surface area contributed by atoms with E-state index in [1.165, 1.54) is 100 Å². The van der Waals surface area contributed by atoms with Crippen molar-refractivity contribution in [2.24, 2.45) is 0 Å². The van der Waals surface area contributed by atoms with Crippen LogP contribution in [0.15, 0.2) is 124 Å². The van der Waals surface area contributed by atoms with Crippen LogP contribution in [-0.2, 0) is 37.9 Å². The summed E-state index contributed by atoms with van der Waals surface area (Å²) in [5, 5.41) is 3.54. The molecule has 0 saturated carbocycles. The van der Waals surface area contributed by atoms with Crippen LogP contribution in [0, 0.1) is 6.92 Å². The lowest BCUT2D eigenvalue weighted by molar-refractivity contribution is 0.332. The first-order chi connectivity index (χ1) is 36.6. The van der Waals surface area contributed by atoms with Gasteiger partial charge < -0.3 is 18.5 Å². The molecule has 4 nitrogen and oxygen atoms in total. The van der Waals surface area contributed by atoms with E-state index in [-0.39, 0.29) is 44.8 Å². The van der Waals surface area contributed by atoms with E-state index in [0.29, 0.717) is 0 Å². The van der Waals surface area contributed by atoms with Gasteiger partial charge in [-0.3, -0.25) is 0 Å². The third-order valence-corrected chi connectivity index (χ3v) is 20.6. The Labute approximate surface area is 464 Å². The molecule has 78 heavy (non-hydrogen) atoms. The Hall–Kier alpha value is -6.46. The van der Waals surface area contributed by atoms with Gasteiger partial charge in [0, 0.05) is 44.3 Å². The van der Waals surface area contributed by atoms with Gasteiger partial charge in [-0.2, -0.15) is 0 Å². The van der Waals surface area contributed by atoms with Gasteiger partial charge in [0.15, 0.2) is 0 Å². The third kappa shape index (κ3) is 7.10. The first-order valence-electron chi connectivity index (χ1n) is 29.4. The van der Waals surface area contributed by atoms with Gasteiger partial charge in [-0.05, 0) is 211 Å². The van der Waals surface area contributed by atoms with Crippen molar-refractivity contribution in [2.45, 2.75) is 187 Å². The van der Waals surface area contributed by atoms with Crippen LogP contribution in [-0.4, -0.2) is 6.85 Å². The van der Waals surface area contributed by atoms with E-state index in [1.807, 2.05) is 0 Å². The number of anilines is 5. The number of furan rings is 2. The zero-order valence-corrected chi connectivity index (χ0v) is 49.5. The molecular formula is C73H79BN2O2. The first-order valence-corrected chi connectivity index (χ1v) is 29.4. The van der Waals surface area contributed by atoms with Gasteiger partial charge in [-0.25, -0.2) is 0 Å². The summed E-state index contributed by atoms with van der Waals surface area (Å²) in [7, 11) is 0. The number of aryl methyl sites for hydroxylation is 1. The van der Waals surface area contributed by atoms with Crippen molar-refractivity contribution in [2.75, 3.05) is 9.71 Å². The lowest BCUT2D eigenvalue weighted by Gasteiger charge is -2.46. The second-order valence-corrected chi connectivity index (χ2v) is 29.8. The van der Waals surface area contributed by atoms with Gasteiger partial charge in [0.2, 0.25) is 0 Å². The van der Waals surface area contributed by atoms with Crippen LogP contribution >= 0.6 is 0 Å². The molecule has 0 spiro atoms. The summed E-state index contributed by atoms with van der Waals surface area (Å²) in [4.78, 5) is 5.33. The number of fused-ring (bicyclic) bond motifs is 12. The molecule has 0 N–H and O–H groups in total. The Morgan fingerprint density at radius 1 is 0.436 bits per heavy atom. The van der Waals surface area contributed by atoms with Crippen molar-refractivity contribution < 1.29 is 8.83 Å². The molecule has 396 valence electrons. The molecule has 9 aromatic rings. The fraction of sp³-hybridized carbons (Fsp3) is 0.397. The van der Waals surface area contributed by atoms with Crippen molar-refractivity contribution in [3.63, 3.8) is 0 Å². The summed E-state index contributed by atoms with van der Waals surface area (Å²) in [6.07, 6.45) is 6.88. The summed E-state index contributed by atoms with van der Waals surface area (Å²) < 4.78 is 15.1. The molecule has 0 unspecified atom stereocenters. The maximum absolute atomic E-state index is 7.87. The van der Waals surface area contributed by atoms with Crippen LogP contribution in [0.2, 0.25) is 0 Å². The predicted octanol–water partition coefficient (Wildman–Crippen LogP) is 19.4. The van der Waals surface area contributed by atoms with E-state index in [1.54, 1.807) is 0 Å². The molecule has 5 aliphatic rings. The summed E-state index contributed by atoms with van der Waals surface area (Å²) in [5.74, 6) is 0. The Morgan fingerprint density at radius 2 is 0.962 bits per heavy atom. The molecule has 3 aliphatic carbocycles. The van der Waals surface area contributed by atoms with Crippen LogP contribution in [0.1, 0.15) is 187 Å². The minimum Gasteiger partial charge on any atom is -0.466 e. The molecule has 7 aromatic carbocycles. The number of rotatable bonds is 3. The van der Waals surface area contributed by atoms with Gasteiger partial charge in [-0.1, -0.05) is 152 Å². The zero-order valence-electron chi connectivity index (χ0n) is 49.5. The maximum Gasteiger partial charge on any atom is 0.375 e. The average molecular weight is 1030 g/mol. The average Bonchev–Trinajstić information content (AvgIpc) is 3.11. The van der Waals surface area contributed by atoms with Crippen molar-refractivity contribution in [3.8, 4) is 22.3 Å². The van der Waals surface area contributed by atoms with E-state index >= 15 is 0 Å². The van der Waals surface area contributed by atoms with Crippen molar-refractivity contribution in [3.05, 3.63) is 160 Å². The summed E-state index contributed by atoms with van der Waals surface area (Å²) in [5.41, 5.74) is 27.1. The van der Waals surface area contributed by atoms with Crippen LogP contribution in [0.3, 0.4) is 0 Å². The van der Waals surface area contributed by atoms with Gasteiger partial charge in [0.25, 0.3) is 0 Å². The molecule has 5 heteroatoms. The van der Waals surface area contributed by atoms with Crippen molar-refractivity contribution in [1.29, 1.82) is 0 Å². The van der Waals surface area contributed by atoms with Crippen LogP contribution < -0.4 is 20.8 Å². The number of nitrogens with zero attached hydrogens (tertiary/aromatic N) is 2. The Bertz CT molecular complexity index is 4050. The monoisotopic (exact) mass is 1030 g/mol. The molecular weight excluding hydrogens is 948 g/mol. The minimum absolute atomic E-state index is 0.00358. The molecule has 4 heterocycles. The number of hydrogen-bond donors (Lipinski definition) is 0. The molecule has 0 amide bonds. The van der Waals surface area contributed by atoms with Gasteiger partial charge in [-0.15, -0.1) is 0 Å². The number of benzene rings is 7. The maximum atomic E-state index is 7.87. The quantitative estimate of drug-likeness (QED) is 0.165. The van der Waals surface area contributed by atoms with Gasteiger partial charge >= 0.3 is 6.85 Å². The predicted molar refractivity (Wildman–Crippen MR) is 332 cm³/mol. The van der Waals surface area contributed by atoms with E-state index in [4.69, 9.17) is 8.83 Å². The molecule has 0 saturated heterocycles. The number of hydrogen-bond acceptors (Lipinski definition) is 4. The lowest BCUT2D eigenvalue weighted by atomic mass is 9.45. The van der Waals surface area contributed by atoms with E-state index in [2.05, 4.69) is 236 Å². The summed E-state index contributed by atoms with van der Waals surface area (Å²) in [6.45, 7) is 38.3. The second kappa shape index (κ2) is 15.9. The molecule has 0 atom stereocenters. The Balaban J connectivity index is 1.13. The molecule has 0 radical (unpaired) electrons. The lowest BCUT2D eigenvalue weighted by Crippen LogP contribution is -2.61. The summed E-state index contributed by atoms with van der Waals surface area (Å²) in [6, 6.07) is 45.6. The van der Waals surface area contributed by atoms with Crippen molar-refractivity contribution in [1.82, 2.24) is 0 Å². The highest BCUT2D eigenvalue weighted by atomic mass is 16.3. The van der Waals surface area contributed by atoms with Crippen molar-refractivity contribution >= 4 is 79.3 Å². The Kier molecular flexibility index (Phi) is 10.1. The molecule has 14 rings (SSSR count). The zero-order chi connectivity index (χ0) is 54.8. The van der Waals surface area contributed by atoms with E-state index in [0.717, 1.165) is 77.7 Å². The van der Waals surface area contributed by atoms with Gasteiger partial charge in [0.05, 0.1) is 11.4 Å². The molecule has 0 bridgehead atoms.